The third-order valence-electron chi connectivity index (χ3n) is 2.43. The van der Waals surface area contributed by atoms with Gasteiger partial charge in [0.25, 0.3) is 0 Å². The Labute approximate surface area is 120 Å². The fourth-order valence-electron chi connectivity index (χ4n) is 1.44. The van der Waals surface area contributed by atoms with E-state index in [2.05, 4.69) is 10.6 Å². The number of amides is 2. The van der Waals surface area contributed by atoms with Gasteiger partial charge in [0.2, 0.25) is 0 Å². The number of benzene rings is 1. The Kier molecular flexibility index (Phi) is 5.83. The average molecular weight is 306 g/mol. The topological polar surface area (TPSA) is 70.6 Å². The van der Waals surface area contributed by atoms with Gasteiger partial charge in [-0.2, -0.15) is 13.2 Å². The van der Waals surface area contributed by atoms with Gasteiger partial charge in [0.15, 0.2) is 6.61 Å². The standard InChI is InChI=1S/C13H17F3N2O3/c1-8-3-4-10(18-12(20)17-9(2)6-19)11(5-8)21-7-13(14,15)16/h3-5,9,19H,6-7H2,1-2H3,(H2,17,18,20). The van der Waals surface area contributed by atoms with Gasteiger partial charge < -0.3 is 20.5 Å². The highest BCUT2D eigenvalue weighted by Crippen LogP contribution is 2.27. The minimum absolute atomic E-state index is 0.0703. The number of hydrogen-bond donors (Lipinski definition) is 3. The molecule has 0 aromatic heterocycles. The molecule has 0 saturated heterocycles. The van der Waals surface area contributed by atoms with Gasteiger partial charge in [0.1, 0.15) is 5.75 Å². The van der Waals surface area contributed by atoms with E-state index in [9.17, 15) is 18.0 Å². The zero-order valence-corrected chi connectivity index (χ0v) is 11.6. The number of carbonyl (C=O) groups is 1. The summed E-state index contributed by atoms with van der Waals surface area (Å²) in [6, 6.07) is 3.36. The van der Waals surface area contributed by atoms with Crippen molar-refractivity contribution in [2.24, 2.45) is 0 Å². The summed E-state index contributed by atoms with van der Waals surface area (Å²) in [4.78, 5) is 11.6. The molecule has 0 saturated carbocycles. The van der Waals surface area contributed by atoms with Crippen molar-refractivity contribution in [3.63, 3.8) is 0 Å². The normalized spacial score (nSPS) is 12.7. The minimum Gasteiger partial charge on any atom is -0.482 e. The second kappa shape index (κ2) is 7.16. The number of hydrogen-bond acceptors (Lipinski definition) is 3. The third kappa shape index (κ3) is 6.35. The van der Waals surface area contributed by atoms with Gasteiger partial charge in [-0.3, -0.25) is 0 Å². The van der Waals surface area contributed by atoms with Crippen LogP contribution in [0.4, 0.5) is 23.7 Å². The zero-order valence-electron chi connectivity index (χ0n) is 11.6. The number of aliphatic hydroxyl groups excluding tert-OH is 1. The Hall–Kier alpha value is -1.96. The number of rotatable bonds is 5. The molecule has 118 valence electrons. The van der Waals surface area contributed by atoms with E-state index in [-0.39, 0.29) is 18.0 Å². The highest BCUT2D eigenvalue weighted by atomic mass is 19.4. The van der Waals surface area contributed by atoms with Crippen molar-refractivity contribution in [1.29, 1.82) is 0 Å². The first kappa shape index (κ1) is 17.1. The van der Waals surface area contributed by atoms with Gasteiger partial charge in [-0.1, -0.05) is 6.07 Å². The summed E-state index contributed by atoms with van der Waals surface area (Å²) < 4.78 is 41.3. The molecule has 0 aliphatic carbocycles. The van der Waals surface area contributed by atoms with Crippen LogP contribution >= 0.6 is 0 Å². The molecule has 1 aromatic carbocycles. The van der Waals surface area contributed by atoms with Crippen molar-refractivity contribution in [2.45, 2.75) is 26.1 Å². The highest BCUT2D eigenvalue weighted by molar-refractivity contribution is 5.91. The van der Waals surface area contributed by atoms with Gasteiger partial charge in [-0.25, -0.2) is 4.79 Å². The summed E-state index contributed by atoms with van der Waals surface area (Å²) in [6.45, 7) is 1.58. The maximum absolute atomic E-state index is 12.2. The van der Waals surface area contributed by atoms with Crippen LogP contribution in [0.15, 0.2) is 18.2 Å². The molecule has 3 N–H and O–H groups in total. The lowest BCUT2D eigenvalue weighted by Crippen LogP contribution is -2.38. The molecular weight excluding hydrogens is 289 g/mol. The number of nitrogens with one attached hydrogen (secondary N) is 2. The third-order valence-corrected chi connectivity index (χ3v) is 2.43. The molecule has 0 aliphatic rings. The summed E-state index contributed by atoms with van der Waals surface area (Å²) >= 11 is 0. The van der Waals surface area contributed by atoms with Crippen LogP contribution in [-0.2, 0) is 0 Å². The molecule has 1 aromatic rings. The lowest BCUT2D eigenvalue weighted by Gasteiger charge is -2.16. The number of anilines is 1. The SMILES string of the molecule is Cc1ccc(NC(=O)NC(C)CO)c(OCC(F)(F)F)c1. The smallest absolute Gasteiger partial charge is 0.422 e. The predicted molar refractivity (Wildman–Crippen MR) is 71.4 cm³/mol. The molecule has 0 aliphatic heterocycles. The quantitative estimate of drug-likeness (QED) is 0.782. The Balaban J connectivity index is 2.79. The number of alkyl halides is 3. The molecular formula is C13H17F3N2O3. The highest BCUT2D eigenvalue weighted by Gasteiger charge is 2.29. The average Bonchev–Trinajstić information content (AvgIpc) is 2.37. The molecule has 0 spiro atoms. The predicted octanol–water partition coefficient (Wildman–Crippen LogP) is 2.44. The molecule has 8 heteroatoms. The van der Waals surface area contributed by atoms with Crippen LogP contribution < -0.4 is 15.4 Å². The van der Waals surface area contributed by atoms with Crippen molar-refractivity contribution in [2.75, 3.05) is 18.5 Å². The molecule has 1 unspecified atom stereocenters. The van der Waals surface area contributed by atoms with E-state index >= 15 is 0 Å². The van der Waals surface area contributed by atoms with Crippen LogP contribution in [0.1, 0.15) is 12.5 Å². The van der Waals surface area contributed by atoms with E-state index in [1.165, 1.54) is 12.1 Å². The molecule has 2 amide bonds. The number of ether oxygens (including phenoxy) is 1. The van der Waals surface area contributed by atoms with Gasteiger partial charge in [0.05, 0.1) is 18.3 Å². The van der Waals surface area contributed by atoms with Crippen LogP contribution in [0.5, 0.6) is 5.75 Å². The number of aryl methyl sites for hydroxylation is 1. The van der Waals surface area contributed by atoms with Crippen LogP contribution in [0.25, 0.3) is 0 Å². The van der Waals surface area contributed by atoms with Gasteiger partial charge in [-0.15, -0.1) is 0 Å². The maximum atomic E-state index is 12.2. The lowest BCUT2D eigenvalue weighted by atomic mass is 10.2. The molecule has 21 heavy (non-hydrogen) atoms. The van der Waals surface area contributed by atoms with Crippen molar-refractivity contribution < 1.29 is 27.8 Å². The Morgan fingerprint density at radius 3 is 2.67 bits per heavy atom. The molecule has 5 nitrogen and oxygen atoms in total. The first-order chi connectivity index (χ1) is 9.71. The fourth-order valence-corrected chi connectivity index (χ4v) is 1.44. The van der Waals surface area contributed by atoms with Crippen molar-refractivity contribution in [3.05, 3.63) is 23.8 Å². The zero-order chi connectivity index (χ0) is 16.0. The molecule has 0 radical (unpaired) electrons. The van der Waals surface area contributed by atoms with E-state index < -0.39 is 24.9 Å². The molecule has 0 fully saturated rings. The van der Waals surface area contributed by atoms with Crippen molar-refractivity contribution >= 4 is 11.7 Å². The minimum atomic E-state index is -4.46. The Morgan fingerprint density at radius 2 is 2.10 bits per heavy atom. The van der Waals surface area contributed by atoms with E-state index in [1.807, 2.05) is 0 Å². The summed E-state index contributed by atoms with van der Waals surface area (Å²) in [5.74, 6) is -0.0703. The van der Waals surface area contributed by atoms with Gasteiger partial charge >= 0.3 is 12.2 Å². The Bertz CT molecular complexity index is 492. The monoisotopic (exact) mass is 306 g/mol. The molecule has 0 heterocycles. The second-order valence-corrected chi connectivity index (χ2v) is 4.59. The second-order valence-electron chi connectivity index (χ2n) is 4.59. The number of aliphatic hydroxyl groups is 1. The molecule has 0 bridgehead atoms. The number of carbonyl (C=O) groups excluding carboxylic acids is 1. The molecule has 1 atom stereocenters. The fraction of sp³-hybridized carbons (Fsp3) is 0.462. The van der Waals surface area contributed by atoms with Crippen molar-refractivity contribution in [3.8, 4) is 5.75 Å². The van der Waals surface area contributed by atoms with E-state index in [0.717, 1.165) is 0 Å². The first-order valence-corrected chi connectivity index (χ1v) is 6.20. The summed E-state index contributed by atoms with van der Waals surface area (Å²) in [5.41, 5.74) is 0.814. The summed E-state index contributed by atoms with van der Waals surface area (Å²) in [7, 11) is 0. The Morgan fingerprint density at radius 1 is 1.43 bits per heavy atom. The van der Waals surface area contributed by atoms with E-state index in [1.54, 1.807) is 19.9 Å². The maximum Gasteiger partial charge on any atom is 0.422 e. The number of halogens is 3. The summed E-state index contributed by atoms with van der Waals surface area (Å²) in [6.07, 6.45) is -4.46. The van der Waals surface area contributed by atoms with Crippen LogP contribution in [0.2, 0.25) is 0 Å². The van der Waals surface area contributed by atoms with Gasteiger partial charge in [-0.05, 0) is 31.5 Å². The van der Waals surface area contributed by atoms with Crippen molar-refractivity contribution in [1.82, 2.24) is 5.32 Å². The lowest BCUT2D eigenvalue weighted by molar-refractivity contribution is -0.153. The van der Waals surface area contributed by atoms with Crippen LogP contribution in [0, 0.1) is 6.92 Å². The van der Waals surface area contributed by atoms with Crippen LogP contribution in [-0.4, -0.2) is 36.6 Å². The largest absolute Gasteiger partial charge is 0.482 e. The van der Waals surface area contributed by atoms with E-state index in [0.29, 0.717) is 5.56 Å². The van der Waals surface area contributed by atoms with Gasteiger partial charge in [0, 0.05) is 0 Å². The number of urea groups is 1. The first-order valence-electron chi connectivity index (χ1n) is 6.20. The molecule has 1 rings (SSSR count). The van der Waals surface area contributed by atoms with E-state index in [4.69, 9.17) is 9.84 Å². The summed E-state index contributed by atoms with van der Waals surface area (Å²) in [5, 5.41) is 13.6. The van der Waals surface area contributed by atoms with Crippen LogP contribution in [0.3, 0.4) is 0 Å².